The highest BCUT2D eigenvalue weighted by Gasteiger charge is 2.34. The topological polar surface area (TPSA) is 72.5 Å². The molecule has 2 aromatic heterocycles. The van der Waals surface area contributed by atoms with Gasteiger partial charge in [-0.3, -0.25) is 4.90 Å². The number of hydrogen-bond donors (Lipinski definition) is 0. The molecule has 8 heteroatoms. The van der Waals surface area contributed by atoms with Crippen LogP contribution in [0.4, 0.5) is 0 Å². The largest absolute Gasteiger partial charge is 0.419 e. The van der Waals surface area contributed by atoms with Crippen LogP contribution in [-0.4, -0.2) is 82.5 Å². The van der Waals surface area contributed by atoms with Gasteiger partial charge in [-0.1, -0.05) is 25.5 Å². The van der Waals surface area contributed by atoms with Crippen LogP contribution in [0, 0.1) is 23.7 Å². The quantitative estimate of drug-likeness (QED) is 0.537. The van der Waals surface area contributed by atoms with Crippen molar-refractivity contribution in [1.82, 2.24) is 29.5 Å². The van der Waals surface area contributed by atoms with Gasteiger partial charge in [0.1, 0.15) is 5.69 Å². The lowest BCUT2D eigenvalue weighted by molar-refractivity contribution is 0.0798. The molecule has 0 saturated carbocycles. The Kier molecular flexibility index (Phi) is 7.98. The zero-order chi connectivity index (χ0) is 23.4. The molecule has 2 aromatic rings. The van der Waals surface area contributed by atoms with Crippen molar-refractivity contribution in [3.63, 3.8) is 0 Å². The van der Waals surface area contributed by atoms with Gasteiger partial charge in [0.2, 0.25) is 5.89 Å². The molecule has 0 bridgehead atoms. The van der Waals surface area contributed by atoms with Crippen molar-refractivity contribution in [1.29, 1.82) is 0 Å². The van der Waals surface area contributed by atoms with E-state index < -0.39 is 0 Å². The third-order valence-corrected chi connectivity index (χ3v) is 7.55. The van der Waals surface area contributed by atoms with Crippen molar-refractivity contribution >= 4 is 0 Å². The molecular weight excluding hydrogens is 416 g/mol. The van der Waals surface area contributed by atoms with E-state index in [2.05, 4.69) is 51.8 Å². The van der Waals surface area contributed by atoms with Crippen molar-refractivity contribution in [3.8, 4) is 11.6 Å². The molecule has 1 aliphatic heterocycles. The summed E-state index contributed by atoms with van der Waals surface area (Å²) in [4.78, 5) is 9.33. The average Bonchev–Trinajstić information content (AvgIpc) is 3.43. The van der Waals surface area contributed by atoms with Crippen LogP contribution in [0.5, 0.6) is 0 Å². The monoisotopic (exact) mass is 456 g/mol. The molecule has 4 rings (SSSR count). The van der Waals surface area contributed by atoms with Crippen LogP contribution in [0.1, 0.15) is 33.1 Å². The Morgan fingerprint density at radius 2 is 1.91 bits per heavy atom. The molecule has 0 aromatic carbocycles. The van der Waals surface area contributed by atoms with Crippen LogP contribution >= 0.6 is 0 Å². The normalized spacial score (nSPS) is 25.0. The predicted octanol–water partition coefficient (Wildman–Crippen LogP) is 3.13. The van der Waals surface area contributed by atoms with Gasteiger partial charge in [0.05, 0.1) is 19.1 Å². The Hall–Kier alpha value is -2.03. The zero-order valence-corrected chi connectivity index (χ0v) is 20.9. The average molecular weight is 457 g/mol. The summed E-state index contributed by atoms with van der Waals surface area (Å²) in [6.45, 7) is 14.7. The fourth-order valence-corrected chi connectivity index (χ4v) is 5.41. The van der Waals surface area contributed by atoms with Crippen LogP contribution in [-0.2, 0) is 18.2 Å². The summed E-state index contributed by atoms with van der Waals surface area (Å²) >= 11 is 0. The number of aryl methyl sites for hydroxylation is 1. The highest BCUT2D eigenvalue weighted by Crippen LogP contribution is 2.39. The van der Waals surface area contributed by atoms with Crippen molar-refractivity contribution in [2.75, 3.05) is 53.0 Å². The molecule has 0 unspecified atom stereocenters. The van der Waals surface area contributed by atoms with Gasteiger partial charge in [-0.05, 0) is 37.0 Å². The number of allylic oxidation sites excluding steroid dienone is 1. The second-order valence-electron chi connectivity index (χ2n) is 10.1. The molecule has 3 atom stereocenters. The molecule has 3 heterocycles. The summed E-state index contributed by atoms with van der Waals surface area (Å²) in [5, 5.41) is 8.61. The molecule has 0 radical (unpaired) electrons. The number of piperazine rings is 1. The van der Waals surface area contributed by atoms with Gasteiger partial charge >= 0.3 is 0 Å². The maximum atomic E-state index is 6.01. The lowest BCUT2D eigenvalue weighted by Crippen LogP contribution is -2.49. The third kappa shape index (κ3) is 5.91. The molecule has 182 valence electrons. The molecular formula is C25H40N6O2. The zero-order valence-electron chi connectivity index (χ0n) is 20.9. The lowest BCUT2D eigenvalue weighted by atomic mass is 9.69. The smallest absolute Gasteiger partial charge is 0.265 e. The first kappa shape index (κ1) is 24.1. The predicted molar refractivity (Wildman–Crippen MR) is 129 cm³/mol. The van der Waals surface area contributed by atoms with E-state index in [0.29, 0.717) is 29.6 Å². The Balaban J connectivity index is 1.38. The van der Waals surface area contributed by atoms with Gasteiger partial charge in [0.25, 0.3) is 5.89 Å². The minimum Gasteiger partial charge on any atom is -0.419 e. The summed E-state index contributed by atoms with van der Waals surface area (Å²) in [6, 6.07) is 0. The van der Waals surface area contributed by atoms with Gasteiger partial charge in [-0.15, -0.1) is 10.2 Å². The first-order valence-corrected chi connectivity index (χ1v) is 12.4. The van der Waals surface area contributed by atoms with E-state index in [1.165, 1.54) is 12.0 Å². The van der Waals surface area contributed by atoms with Crippen LogP contribution in [0.3, 0.4) is 0 Å². The van der Waals surface area contributed by atoms with E-state index in [4.69, 9.17) is 9.15 Å². The Morgan fingerprint density at radius 1 is 1.15 bits per heavy atom. The molecule has 8 nitrogen and oxygen atoms in total. The third-order valence-electron chi connectivity index (χ3n) is 7.55. The van der Waals surface area contributed by atoms with Crippen LogP contribution in [0.15, 0.2) is 28.6 Å². The number of ether oxygens (including phenoxy) is 1. The summed E-state index contributed by atoms with van der Waals surface area (Å²) in [6.07, 6.45) is 8.05. The minimum atomic E-state index is 0.458. The van der Waals surface area contributed by atoms with Gasteiger partial charge in [-0.25, -0.2) is 4.98 Å². The molecule has 0 N–H and O–H groups in total. The number of nitrogens with zero attached hydrogens (tertiary/aromatic N) is 6. The maximum absolute atomic E-state index is 6.01. The highest BCUT2D eigenvalue weighted by molar-refractivity contribution is 5.44. The Bertz CT molecular complexity index is 912. The minimum absolute atomic E-state index is 0.458. The number of aromatic nitrogens is 4. The van der Waals surface area contributed by atoms with Gasteiger partial charge in [-0.2, -0.15) is 0 Å². The number of hydrogen-bond acceptors (Lipinski definition) is 7. The summed E-state index contributed by atoms with van der Waals surface area (Å²) in [7, 11) is 3.72. The maximum Gasteiger partial charge on any atom is 0.265 e. The number of imidazole rings is 1. The van der Waals surface area contributed by atoms with E-state index in [1.807, 2.05) is 11.6 Å². The Labute approximate surface area is 198 Å². The van der Waals surface area contributed by atoms with Crippen LogP contribution < -0.4 is 0 Å². The molecule has 1 fully saturated rings. The number of methoxy groups -OCH3 is 1. The van der Waals surface area contributed by atoms with Crippen molar-refractivity contribution in [3.05, 3.63) is 30.1 Å². The second kappa shape index (κ2) is 10.9. The summed E-state index contributed by atoms with van der Waals surface area (Å²) in [5.74, 6) is 3.66. The lowest BCUT2D eigenvalue weighted by Gasteiger charge is -2.41. The first-order valence-electron chi connectivity index (χ1n) is 12.4. The molecule has 0 spiro atoms. The van der Waals surface area contributed by atoms with Crippen molar-refractivity contribution < 1.29 is 9.15 Å². The van der Waals surface area contributed by atoms with E-state index in [1.54, 1.807) is 19.6 Å². The van der Waals surface area contributed by atoms with Crippen LogP contribution in [0.25, 0.3) is 11.6 Å². The SMILES string of the molecule is COCCN1CCN(C[C@@H]2C=C(C)[C@H](Cc3nnc(-c4cncn4C)o3)C[C@H]2C(C)C)CC1. The summed E-state index contributed by atoms with van der Waals surface area (Å²) < 4.78 is 13.2. The fraction of sp³-hybridized carbons (Fsp3) is 0.720. The molecule has 1 saturated heterocycles. The standard InChI is InChI=1S/C25H40N6O2/c1-18(2)22-13-20(14-24-27-28-25(33-24)23-15-26-17-29(23)4)19(3)12-21(22)16-31-8-6-30(7-9-31)10-11-32-5/h12,15,17-18,20-22H,6-11,13-14,16H2,1-5H3/t20-,21-,22-/m0/s1. The van der Waals surface area contributed by atoms with Crippen molar-refractivity contribution in [2.24, 2.45) is 30.7 Å². The van der Waals surface area contributed by atoms with Gasteiger partial charge in [0.15, 0.2) is 0 Å². The molecule has 0 amide bonds. The van der Waals surface area contributed by atoms with E-state index in [0.717, 1.165) is 63.9 Å². The number of rotatable bonds is 9. The van der Waals surface area contributed by atoms with Gasteiger partial charge < -0.3 is 18.6 Å². The summed E-state index contributed by atoms with van der Waals surface area (Å²) in [5.41, 5.74) is 2.32. The fourth-order valence-electron chi connectivity index (χ4n) is 5.41. The second-order valence-corrected chi connectivity index (χ2v) is 10.1. The molecule has 2 aliphatic rings. The highest BCUT2D eigenvalue weighted by atomic mass is 16.5. The van der Waals surface area contributed by atoms with Gasteiger partial charge in [0, 0.05) is 59.8 Å². The molecule has 1 aliphatic carbocycles. The van der Waals surface area contributed by atoms with E-state index in [-0.39, 0.29) is 0 Å². The van der Waals surface area contributed by atoms with E-state index in [9.17, 15) is 0 Å². The molecule has 33 heavy (non-hydrogen) atoms. The van der Waals surface area contributed by atoms with Crippen LogP contribution in [0.2, 0.25) is 0 Å². The Morgan fingerprint density at radius 3 is 2.58 bits per heavy atom. The van der Waals surface area contributed by atoms with Crippen molar-refractivity contribution in [2.45, 2.75) is 33.6 Å². The van der Waals surface area contributed by atoms with E-state index >= 15 is 0 Å². The first-order chi connectivity index (χ1) is 15.9.